The number of hydrogen-bond acceptors (Lipinski definition) is 4. The fourth-order valence-electron chi connectivity index (χ4n) is 3.12. The summed E-state index contributed by atoms with van der Waals surface area (Å²) in [7, 11) is 0. The number of carboxylic acid groups (broad SMARTS) is 1. The minimum atomic E-state index is -0.799. The first-order valence-electron chi connectivity index (χ1n) is 8.73. The second-order valence-electron chi connectivity index (χ2n) is 6.29. The Balaban J connectivity index is 1.94. The number of aryl methyl sites for hydroxylation is 1. The molecule has 0 saturated carbocycles. The summed E-state index contributed by atoms with van der Waals surface area (Å²) in [6, 6.07) is 8.33. The predicted octanol–water partition coefficient (Wildman–Crippen LogP) is 4.38. The average molecular weight is 344 g/mol. The summed E-state index contributed by atoms with van der Waals surface area (Å²) in [5.41, 5.74) is 3.13. The van der Waals surface area contributed by atoms with E-state index in [-0.39, 0.29) is 6.42 Å². The van der Waals surface area contributed by atoms with Crippen molar-refractivity contribution < 1.29 is 9.90 Å². The standard InChI is InChI=1S/C19H24N2O2S/c1-2-14-7-9-15(10-8-14)18-16(13-17(22)23)24-19(20-18)21-11-5-3-4-6-12-21/h7-10H,2-6,11-13H2,1H3,(H,22,23). The summed E-state index contributed by atoms with van der Waals surface area (Å²) in [6.07, 6.45) is 5.96. The SMILES string of the molecule is CCc1ccc(-c2nc(N3CCCCCC3)sc2CC(=O)O)cc1. The van der Waals surface area contributed by atoms with Crippen LogP contribution in [0, 0.1) is 0 Å². The topological polar surface area (TPSA) is 53.4 Å². The highest BCUT2D eigenvalue weighted by Crippen LogP contribution is 2.34. The van der Waals surface area contributed by atoms with Gasteiger partial charge in [-0.25, -0.2) is 4.98 Å². The van der Waals surface area contributed by atoms with E-state index in [2.05, 4.69) is 36.1 Å². The van der Waals surface area contributed by atoms with Crippen LogP contribution in [0.5, 0.6) is 0 Å². The summed E-state index contributed by atoms with van der Waals surface area (Å²) in [5, 5.41) is 10.2. The predicted molar refractivity (Wildman–Crippen MR) is 98.9 cm³/mol. The summed E-state index contributed by atoms with van der Waals surface area (Å²) >= 11 is 1.54. The van der Waals surface area contributed by atoms with Crippen molar-refractivity contribution in [1.29, 1.82) is 0 Å². The van der Waals surface area contributed by atoms with Gasteiger partial charge in [-0.3, -0.25) is 4.79 Å². The van der Waals surface area contributed by atoms with Crippen LogP contribution in [0.1, 0.15) is 43.0 Å². The van der Waals surface area contributed by atoms with E-state index in [1.165, 1.54) is 31.2 Å². The number of hydrogen-bond donors (Lipinski definition) is 1. The van der Waals surface area contributed by atoms with Crippen molar-refractivity contribution in [3.8, 4) is 11.3 Å². The van der Waals surface area contributed by atoms with Crippen LogP contribution in [0.2, 0.25) is 0 Å². The zero-order chi connectivity index (χ0) is 16.9. The first kappa shape index (κ1) is 17.0. The summed E-state index contributed by atoms with van der Waals surface area (Å²) in [6.45, 7) is 4.17. The minimum Gasteiger partial charge on any atom is -0.481 e. The molecule has 0 aliphatic carbocycles. The van der Waals surface area contributed by atoms with Crippen molar-refractivity contribution in [2.75, 3.05) is 18.0 Å². The van der Waals surface area contributed by atoms with E-state index in [0.717, 1.165) is 40.8 Å². The molecule has 0 amide bonds. The number of nitrogens with zero attached hydrogens (tertiary/aromatic N) is 2. The summed E-state index contributed by atoms with van der Waals surface area (Å²) in [4.78, 5) is 19.3. The molecule has 4 nitrogen and oxygen atoms in total. The van der Waals surface area contributed by atoms with Gasteiger partial charge < -0.3 is 10.0 Å². The lowest BCUT2D eigenvalue weighted by Gasteiger charge is -2.18. The van der Waals surface area contributed by atoms with Crippen molar-refractivity contribution in [2.45, 2.75) is 45.4 Å². The molecule has 2 aromatic rings. The van der Waals surface area contributed by atoms with Gasteiger partial charge in [0.15, 0.2) is 5.13 Å². The zero-order valence-corrected chi connectivity index (χ0v) is 14.9. The molecule has 5 heteroatoms. The Hall–Kier alpha value is -1.88. The van der Waals surface area contributed by atoms with Crippen LogP contribution >= 0.6 is 11.3 Å². The minimum absolute atomic E-state index is 0.0381. The van der Waals surface area contributed by atoms with Gasteiger partial charge in [-0.15, -0.1) is 11.3 Å². The second-order valence-corrected chi connectivity index (χ2v) is 7.35. The van der Waals surface area contributed by atoms with Crippen LogP contribution in [-0.4, -0.2) is 29.1 Å². The fourth-order valence-corrected chi connectivity index (χ4v) is 4.24. The highest BCUT2D eigenvalue weighted by Gasteiger charge is 2.20. The molecular weight excluding hydrogens is 320 g/mol. The Kier molecular flexibility index (Phi) is 5.51. The van der Waals surface area contributed by atoms with E-state index in [4.69, 9.17) is 4.98 Å². The molecule has 3 rings (SSSR count). The van der Waals surface area contributed by atoms with Gasteiger partial charge in [-0.2, -0.15) is 0 Å². The molecule has 1 aromatic heterocycles. The number of rotatable bonds is 5. The van der Waals surface area contributed by atoms with Gasteiger partial charge in [-0.05, 0) is 24.8 Å². The Morgan fingerprint density at radius 3 is 2.42 bits per heavy atom. The van der Waals surface area contributed by atoms with E-state index in [1.807, 2.05) is 0 Å². The summed E-state index contributed by atoms with van der Waals surface area (Å²) < 4.78 is 0. The van der Waals surface area contributed by atoms with Crippen LogP contribution in [-0.2, 0) is 17.6 Å². The second kappa shape index (κ2) is 7.79. The van der Waals surface area contributed by atoms with Gasteiger partial charge in [0, 0.05) is 23.5 Å². The van der Waals surface area contributed by atoms with Crippen molar-refractivity contribution in [2.24, 2.45) is 0 Å². The molecule has 0 bridgehead atoms. The number of aromatic nitrogens is 1. The lowest BCUT2D eigenvalue weighted by atomic mass is 10.1. The lowest BCUT2D eigenvalue weighted by Crippen LogP contribution is -2.23. The van der Waals surface area contributed by atoms with Gasteiger partial charge >= 0.3 is 5.97 Å². The number of benzene rings is 1. The van der Waals surface area contributed by atoms with Crippen LogP contribution < -0.4 is 4.90 Å². The molecule has 0 spiro atoms. The molecule has 1 aliphatic rings. The van der Waals surface area contributed by atoms with E-state index >= 15 is 0 Å². The first-order chi connectivity index (χ1) is 11.7. The molecule has 0 radical (unpaired) electrons. The van der Waals surface area contributed by atoms with Crippen LogP contribution in [0.4, 0.5) is 5.13 Å². The van der Waals surface area contributed by atoms with Crippen molar-refractivity contribution in [1.82, 2.24) is 4.98 Å². The lowest BCUT2D eigenvalue weighted by molar-refractivity contribution is -0.136. The third-order valence-corrected chi connectivity index (χ3v) is 5.63. The fraction of sp³-hybridized carbons (Fsp3) is 0.474. The quantitative estimate of drug-likeness (QED) is 0.874. The highest BCUT2D eigenvalue weighted by molar-refractivity contribution is 7.16. The molecule has 1 aromatic carbocycles. The molecular formula is C19H24N2O2S. The van der Waals surface area contributed by atoms with E-state index in [1.54, 1.807) is 11.3 Å². The maximum atomic E-state index is 11.3. The first-order valence-corrected chi connectivity index (χ1v) is 9.54. The third-order valence-electron chi connectivity index (χ3n) is 4.51. The van der Waals surface area contributed by atoms with E-state index in [9.17, 15) is 9.90 Å². The third kappa shape index (κ3) is 3.96. The van der Waals surface area contributed by atoms with E-state index in [0.29, 0.717) is 0 Å². The molecule has 1 fully saturated rings. The smallest absolute Gasteiger partial charge is 0.308 e. The Bertz CT molecular complexity index is 686. The normalized spacial score (nSPS) is 15.3. The number of thiazole rings is 1. The molecule has 1 aliphatic heterocycles. The van der Waals surface area contributed by atoms with E-state index < -0.39 is 5.97 Å². The Morgan fingerprint density at radius 1 is 1.17 bits per heavy atom. The Morgan fingerprint density at radius 2 is 1.83 bits per heavy atom. The van der Waals surface area contributed by atoms with Crippen LogP contribution in [0.3, 0.4) is 0 Å². The van der Waals surface area contributed by atoms with Gasteiger partial charge in [0.2, 0.25) is 0 Å². The highest BCUT2D eigenvalue weighted by atomic mass is 32.1. The van der Waals surface area contributed by atoms with Crippen molar-refractivity contribution >= 4 is 22.4 Å². The molecule has 24 heavy (non-hydrogen) atoms. The molecule has 2 heterocycles. The number of aliphatic carboxylic acids is 1. The largest absolute Gasteiger partial charge is 0.481 e. The molecule has 1 N–H and O–H groups in total. The van der Waals surface area contributed by atoms with Crippen molar-refractivity contribution in [3.63, 3.8) is 0 Å². The maximum absolute atomic E-state index is 11.3. The van der Waals surface area contributed by atoms with Gasteiger partial charge in [0.1, 0.15) is 0 Å². The van der Waals surface area contributed by atoms with Gasteiger partial charge in [0.05, 0.1) is 12.1 Å². The number of carbonyl (C=O) groups is 1. The summed E-state index contributed by atoms with van der Waals surface area (Å²) in [5.74, 6) is -0.799. The molecule has 1 saturated heterocycles. The van der Waals surface area contributed by atoms with Gasteiger partial charge in [-0.1, -0.05) is 44.0 Å². The monoisotopic (exact) mass is 344 g/mol. The zero-order valence-electron chi connectivity index (χ0n) is 14.1. The van der Waals surface area contributed by atoms with Crippen LogP contribution in [0.15, 0.2) is 24.3 Å². The number of carboxylic acids is 1. The number of anilines is 1. The molecule has 0 atom stereocenters. The van der Waals surface area contributed by atoms with Crippen molar-refractivity contribution in [3.05, 3.63) is 34.7 Å². The van der Waals surface area contributed by atoms with Crippen LogP contribution in [0.25, 0.3) is 11.3 Å². The average Bonchev–Trinajstić information content (AvgIpc) is 2.81. The molecule has 128 valence electrons. The Labute approximate surface area is 147 Å². The van der Waals surface area contributed by atoms with Gasteiger partial charge in [0.25, 0.3) is 0 Å². The molecule has 0 unspecified atom stereocenters. The maximum Gasteiger partial charge on any atom is 0.308 e.